The normalized spacial score (nSPS) is 11.7. The van der Waals surface area contributed by atoms with Gasteiger partial charge in [-0.25, -0.2) is 4.42 Å². The minimum atomic E-state index is 0.913. The van der Waals surface area contributed by atoms with E-state index < -0.39 is 0 Å². The number of aryl methyl sites for hydroxylation is 1. The highest BCUT2D eigenvalue weighted by molar-refractivity contribution is 6.22. The zero-order valence-electron chi connectivity index (χ0n) is 12.8. The average Bonchev–Trinajstić information content (AvgIpc) is 2.61. The predicted octanol–water partition coefficient (Wildman–Crippen LogP) is 6.43. The lowest BCUT2D eigenvalue weighted by Gasteiger charge is -2.09. The third kappa shape index (κ3) is 1.77. The minimum absolute atomic E-state index is 0.913. The van der Waals surface area contributed by atoms with Crippen LogP contribution in [0.5, 0.6) is 0 Å². The van der Waals surface area contributed by atoms with Crippen molar-refractivity contribution in [2.24, 2.45) is 0 Å². The Morgan fingerprint density at radius 3 is 2.43 bits per heavy atom. The Labute approximate surface area is 134 Å². The van der Waals surface area contributed by atoms with Crippen LogP contribution < -0.4 is 0 Å². The Bertz CT molecular complexity index is 1160. The maximum absolute atomic E-state index is 6.23. The molecule has 108 valence electrons. The second kappa shape index (κ2) is 4.53. The van der Waals surface area contributed by atoms with E-state index in [0.29, 0.717) is 0 Å². The molecule has 0 saturated heterocycles. The van der Waals surface area contributed by atoms with Crippen LogP contribution in [0.1, 0.15) is 5.56 Å². The zero-order chi connectivity index (χ0) is 15.4. The van der Waals surface area contributed by atoms with Crippen LogP contribution in [0.4, 0.5) is 0 Å². The fraction of sp³-hybridized carbons (Fsp3) is 0.0455. The van der Waals surface area contributed by atoms with Gasteiger partial charge in [0.2, 0.25) is 0 Å². The first kappa shape index (κ1) is 12.6. The molecule has 0 radical (unpaired) electrons. The summed E-state index contributed by atoms with van der Waals surface area (Å²) in [5.41, 5.74) is 3.36. The maximum Gasteiger partial charge on any atom is 0.362 e. The molecule has 0 saturated carbocycles. The molecule has 23 heavy (non-hydrogen) atoms. The Morgan fingerprint density at radius 1 is 0.696 bits per heavy atom. The molecule has 1 heterocycles. The largest absolute Gasteiger partial charge is 0.362 e. The molecule has 0 unspecified atom stereocenters. The quantitative estimate of drug-likeness (QED) is 0.256. The summed E-state index contributed by atoms with van der Waals surface area (Å²) in [5, 5.41) is 6.35. The number of hydrogen-bond donors (Lipinski definition) is 0. The molecule has 4 aromatic carbocycles. The maximum atomic E-state index is 6.23. The standard InChI is InChI=1S/C22H15O/c1-14-12-17-13-20(15-6-3-2-4-7-15)23-19-11-10-16-8-5-9-18(14)21(16)22(17)19/h2-13H,1H3/q+1. The summed E-state index contributed by atoms with van der Waals surface area (Å²) < 4.78 is 6.23. The van der Waals surface area contributed by atoms with Gasteiger partial charge in [-0.15, -0.1) is 0 Å². The number of hydrogen-bond acceptors (Lipinski definition) is 0. The summed E-state index contributed by atoms with van der Waals surface area (Å²) in [6.45, 7) is 2.18. The molecule has 0 amide bonds. The molecule has 0 aliphatic rings. The summed E-state index contributed by atoms with van der Waals surface area (Å²) in [6, 6.07) is 25.5. The molecule has 0 aliphatic carbocycles. The average molecular weight is 295 g/mol. The Balaban J connectivity index is 1.97. The van der Waals surface area contributed by atoms with E-state index >= 15 is 0 Å². The van der Waals surface area contributed by atoms with Gasteiger partial charge in [0.1, 0.15) is 0 Å². The molecule has 0 spiro atoms. The van der Waals surface area contributed by atoms with Crippen LogP contribution in [0.2, 0.25) is 0 Å². The van der Waals surface area contributed by atoms with E-state index in [2.05, 4.69) is 61.5 Å². The van der Waals surface area contributed by atoms with Crippen LogP contribution in [-0.4, -0.2) is 0 Å². The van der Waals surface area contributed by atoms with E-state index in [0.717, 1.165) is 16.9 Å². The Hall–Kier alpha value is -2.93. The summed E-state index contributed by atoms with van der Waals surface area (Å²) in [5.74, 6) is 0.913. The van der Waals surface area contributed by atoms with Crippen LogP contribution in [0.25, 0.3) is 43.8 Å². The lowest BCUT2D eigenvalue weighted by molar-refractivity contribution is 0.622. The van der Waals surface area contributed by atoms with Crippen LogP contribution in [0.15, 0.2) is 77.2 Å². The highest BCUT2D eigenvalue weighted by Crippen LogP contribution is 2.38. The van der Waals surface area contributed by atoms with Gasteiger partial charge in [0.15, 0.2) is 0 Å². The van der Waals surface area contributed by atoms with Gasteiger partial charge in [0.25, 0.3) is 0 Å². The second-order valence-electron chi connectivity index (χ2n) is 6.10. The minimum Gasteiger partial charge on any atom is -0.207 e. The van der Waals surface area contributed by atoms with Gasteiger partial charge in [0.05, 0.1) is 17.0 Å². The van der Waals surface area contributed by atoms with Crippen LogP contribution >= 0.6 is 0 Å². The van der Waals surface area contributed by atoms with E-state index in [4.69, 9.17) is 4.42 Å². The van der Waals surface area contributed by atoms with Crippen molar-refractivity contribution in [3.63, 3.8) is 0 Å². The Kier molecular flexibility index (Phi) is 2.48. The highest BCUT2D eigenvalue weighted by Gasteiger charge is 2.21. The van der Waals surface area contributed by atoms with Gasteiger partial charge >= 0.3 is 11.3 Å². The zero-order valence-corrected chi connectivity index (χ0v) is 12.8. The molecule has 0 atom stereocenters. The first-order valence-electron chi connectivity index (χ1n) is 7.88. The smallest absolute Gasteiger partial charge is 0.207 e. The third-order valence-electron chi connectivity index (χ3n) is 4.66. The van der Waals surface area contributed by atoms with Gasteiger partial charge in [0, 0.05) is 16.8 Å². The summed E-state index contributed by atoms with van der Waals surface area (Å²) in [7, 11) is 0. The number of benzene rings is 4. The van der Waals surface area contributed by atoms with Crippen molar-refractivity contribution in [3.8, 4) is 11.3 Å². The van der Waals surface area contributed by atoms with Crippen LogP contribution in [0.3, 0.4) is 0 Å². The van der Waals surface area contributed by atoms with Gasteiger partial charge in [-0.1, -0.05) is 42.5 Å². The van der Waals surface area contributed by atoms with Gasteiger partial charge < -0.3 is 0 Å². The monoisotopic (exact) mass is 295 g/mol. The molecule has 1 aromatic heterocycles. The first-order valence-corrected chi connectivity index (χ1v) is 7.88. The second-order valence-corrected chi connectivity index (χ2v) is 6.10. The van der Waals surface area contributed by atoms with E-state index in [1.807, 2.05) is 18.2 Å². The number of rotatable bonds is 1. The molecule has 5 rings (SSSR count). The Morgan fingerprint density at radius 2 is 1.57 bits per heavy atom. The topological polar surface area (TPSA) is 11.3 Å². The molecular weight excluding hydrogens is 280 g/mol. The van der Waals surface area contributed by atoms with Crippen molar-refractivity contribution in [3.05, 3.63) is 78.4 Å². The highest BCUT2D eigenvalue weighted by atomic mass is 16.3. The summed E-state index contributed by atoms with van der Waals surface area (Å²) in [6.07, 6.45) is 0. The lowest BCUT2D eigenvalue weighted by atomic mass is 9.93. The van der Waals surface area contributed by atoms with Crippen molar-refractivity contribution in [2.45, 2.75) is 6.92 Å². The molecule has 0 fully saturated rings. The molecule has 1 heteroatoms. The summed E-state index contributed by atoms with van der Waals surface area (Å²) >= 11 is 0. The van der Waals surface area contributed by atoms with Gasteiger partial charge in [-0.2, -0.15) is 0 Å². The fourth-order valence-corrected chi connectivity index (χ4v) is 3.59. The van der Waals surface area contributed by atoms with Crippen LogP contribution in [-0.2, 0) is 0 Å². The molecule has 5 aromatic rings. The molecular formula is C22H15O+. The van der Waals surface area contributed by atoms with Crippen molar-refractivity contribution >= 4 is 32.5 Å². The van der Waals surface area contributed by atoms with Gasteiger partial charge in [-0.05, 0) is 41.5 Å². The van der Waals surface area contributed by atoms with Crippen molar-refractivity contribution in [1.29, 1.82) is 0 Å². The van der Waals surface area contributed by atoms with E-state index in [-0.39, 0.29) is 0 Å². The molecule has 1 nitrogen and oxygen atoms in total. The van der Waals surface area contributed by atoms with E-state index in [1.165, 1.54) is 32.5 Å². The van der Waals surface area contributed by atoms with E-state index in [9.17, 15) is 0 Å². The lowest BCUT2D eigenvalue weighted by Crippen LogP contribution is -1.88. The predicted molar refractivity (Wildman–Crippen MR) is 97.0 cm³/mol. The SMILES string of the molecule is Cc1cc2cc(-c3ccccc3)[o+]c3ccc4cccc1c4c23. The van der Waals surface area contributed by atoms with Gasteiger partial charge in [-0.3, -0.25) is 0 Å². The van der Waals surface area contributed by atoms with Crippen LogP contribution in [0, 0.1) is 6.92 Å². The first-order chi connectivity index (χ1) is 11.3. The van der Waals surface area contributed by atoms with Crippen molar-refractivity contribution in [1.82, 2.24) is 0 Å². The van der Waals surface area contributed by atoms with E-state index in [1.54, 1.807) is 0 Å². The third-order valence-corrected chi connectivity index (χ3v) is 4.66. The summed E-state index contributed by atoms with van der Waals surface area (Å²) in [4.78, 5) is 0. The fourth-order valence-electron chi connectivity index (χ4n) is 3.59. The molecule has 0 aliphatic heterocycles. The van der Waals surface area contributed by atoms with Crippen molar-refractivity contribution in [2.75, 3.05) is 0 Å². The molecule has 0 bridgehead atoms. The van der Waals surface area contributed by atoms with Crippen molar-refractivity contribution < 1.29 is 4.42 Å². The molecule has 0 N–H and O–H groups in total.